The molecule has 6 nitrogen and oxygen atoms in total. The molecule has 4 aromatic rings. The van der Waals surface area contributed by atoms with Gasteiger partial charge in [-0.05, 0) is 36.8 Å². The molecule has 0 saturated carbocycles. The first-order chi connectivity index (χ1) is 15.0. The second kappa shape index (κ2) is 8.57. The molecule has 0 radical (unpaired) electrons. The zero-order valence-electron chi connectivity index (χ0n) is 16.8. The Morgan fingerprint density at radius 3 is 2.71 bits per heavy atom. The summed E-state index contributed by atoms with van der Waals surface area (Å²) < 4.78 is 25.9. The number of hydrogen-bond donors (Lipinski definition) is 1. The summed E-state index contributed by atoms with van der Waals surface area (Å²) in [6.07, 6.45) is 3.03. The van der Waals surface area contributed by atoms with Gasteiger partial charge in [-0.1, -0.05) is 24.2 Å². The van der Waals surface area contributed by atoms with Gasteiger partial charge >= 0.3 is 0 Å². The maximum absolute atomic E-state index is 14.4. The van der Waals surface area contributed by atoms with Crippen molar-refractivity contribution in [3.63, 3.8) is 0 Å². The van der Waals surface area contributed by atoms with Crippen molar-refractivity contribution in [1.82, 2.24) is 15.0 Å². The van der Waals surface area contributed by atoms with Gasteiger partial charge in [0.2, 0.25) is 0 Å². The van der Waals surface area contributed by atoms with Crippen LogP contribution in [0.15, 0.2) is 61.6 Å². The summed E-state index contributed by atoms with van der Waals surface area (Å²) in [5.74, 6) is 1.33. The maximum Gasteiger partial charge on any atom is 0.170 e. The number of methoxy groups -OCH3 is 1. The number of rotatable bonds is 6. The van der Waals surface area contributed by atoms with Crippen LogP contribution < -0.4 is 14.8 Å². The quantitative estimate of drug-likeness (QED) is 0.377. The summed E-state index contributed by atoms with van der Waals surface area (Å²) >= 11 is 5.89. The predicted molar refractivity (Wildman–Crippen MR) is 120 cm³/mol. The summed E-state index contributed by atoms with van der Waals surface area (Å²) in [5.41, 5.74) is 2.34. The molecule has 0 bridgehead atoms. The van der Waals surface area contributed by atoms with Crippen molar-refractivity contribution in [2.75, 3.05) is 12.4 Å². The molecule has 0 atom stereocenters. The van der Waals surface area contributed by atoms with Crippen molar-refractivity contribution in [2.24, 2.45) is 0 Å². The van der Waals surface area contributed by atoms with Gasteiger partial charge in [0, 0.05) is 23.7 Å². The van der Waals surface area contributed by atoms with E-state index in [0.717, 1.165) is 11.3 Å². The third-order valence-electron chi connectivity index (χ3n) is 4.52. The fourth-order valence-electron chi connectivity index (χ4n) is 2.97. The molecular weight excluding hydrogens is 419 g/mol. The summed E-state index contributed by atoms with van der Waals surface area (Å²) in [5, 5.41) is 3.61. The van der Waals surface area contributed by atoms with E-state index in [-0.39, 0.29) is 10.7 Å². The highest BCUT2D eigenvalue weighted by Gasteiger charge is 2.15. The molecule has 2 aromatic carbocycles. The topological polar surface area (TPSA) is 69.2 Å². The molecule has 0 aliphatic carbocycles. The van der Waals surface area contributed by atoms with Crippen molar-refractivity contribution in [3.8, 4) is 17.2 Å². The molecule has 31 heavy (non-hydrogen) atoms. The summed E-state index contributed by atoms with van der Waals surface area (Å²) in [7, 11) is 1.54. The molecule has 1 N–H and O–H groups in total. The SMILES string of the molecule is C=C(C)c1cc(Oc2cc3c(Nc4cccc(Cl)c4F)ncnc3cc2OC)ccn1. The van der Waals surface area contributed by atoms with Gasteiger partial charge in [0.15, 0.2) is 17.3 Å². The van der Waals surface area contributed by atoms with E-state index in [4.69, 9.17) is 21.1 Å². The zero-order chi connectivity index (χ0) is 22.0. The molecule has 0 unspecified atom stereocenters. The standard InChI is InChI=1S/C23H18ClFN4O2/c1-13(2)18-9-14(7-8-26-18)31-21-10-15-19(11-20(21)30-3)27-12-28-23(15)29-17-6-4-5-16(24)22(17)25/h4-12H,1H2,2-3H3,(H,27,28,29). The molecule has 0 aliphatic heterocycles. The number of ether oxygens (including phenoxy) is 2. The number of nitrogens with zero attached hydrogens (tertiary/aromatic N) is 3. The lowest BCUT2D eigenvalue weighted by Crippen LogP contribution is -2.00. The summed E-state index contributed by atoms with van der Waals surface area (Å²) in [4.78, 5) is 12.8. The zero-order valence-corrected chi connectivity index (χ0v) is 17.6. The highest BCUT2D eigenvalue weighted by molar-refractivity contribution is 6.31. The number of benzene rings is 2. The Morgan fingerprint density at radius 1 is 1.10 bits per heavy atom. The summed E-state index contributed by atoms with van der Waals surface area (Å²) in [6.45, 7) is 5.77. The van der Waals surface area contributed by atoms with Crippen LogP contribution >= 0.6 is 11.6 Å². The molecule has 0 spiro atoms. The predicted octanol–water partition coefficient (Wildman–Crippen LogP) is 6.39. The minimum atomic E-state index is -0.565. The second-order valence-electron chi connectivity index (χ2n) is 6.73. The lowest BCUT2D eigenvalue weighted by molar-refractivity contribution is 0.379. The molecule has 4 rings (SSSR count). The lowest BCUT2D eigenvalue weighted by atomic mass is 10.2. The van der Waals surface area contributed by atoms with Crippen molar-refractivity contribution in [1.29, 1.82) is 0 Å². The Balaban J connectivity index is 1.78. The van der Waals surface area contributed by atoms with Gasteiger partial charge in [0.05, 0.1) is 29.0 Å². The number of halogens is 2. The van der Waals surface area contributed by atoms with Crippen LogP contribution in [-0.2, 0) is 0 Å². The molecule has 2 aromatic heterocycles. The molecule has 0 fully saturated rings. The van der Waals surface area contributed by atoms with Crippen LogP contribution in [0.5, 0.6) is 17.2 Å². The van der Waals surface area contributed by atoms with Gasteiger partial charge in [0.1, 0.15) is 17.9 Å². The van der Waals surface area contributed by atoms with Crippen LogP contribution in [0.3, 0.4) is 0 Å². The fraction of sp³-hybridized carbons (Fsp3) is 0.0870. The Morgan fingerprint density at radius 2 is 1.94 bits per heavy atom. The first-order valence-electron chi connectivity index (χ1n) is 9.30. The van der Waals surface area contributed by atoms with Crippen LogP contribution in [0.2, 0.25) is 5.02 Å². The van der Waals surface area contributed by atoms with E-state index in [1.807, 2.05) is 6.92 Å². The van der Waals surface area contributed by atoms with Gasteiger partial charge < -0.3 is 14.8 Å². The number of pyridine rings is 1. The smallest absolute Gasteiger partial charge is 0.170 e. The van der Waals surface area contributed by atoms with E-state index in [0.29, 0.717) is 34.0 Å². The largest absolute Gasteiger partial charge is 0.493 e. The number of anilines is 2. The maximum atomic E-state index is 14.4. The van der Waals surface area contributed by atoms with Crippen molar-refractivity contribution in [3.05, 3.63) is 78.1 Å². The van der Waals surface area contributed by atoms with Crippen molar-refractivity contribution >= 4 is 39.6 Å². The number of aromatic nitrogens is 3. The molecule has 8 heteroatoms. The van der Waals surface area contributed by atoms with Crippen molar-refractivity contribution in [2.45, 2.75) is 6.92 Å². The normalized spacial score (nSPS) is 10.7. The Hall–Kier alpha value is -3.71. The molecule has 2 heterocycles. The van der Waals surface area contributed by atoms with E-state index in [1.165, 1.54) is 12.4 Å². The van der Waals surface area contributed by atoms with E-state index < -0.39 is 5.82 Å². The molecule has 0 saturated heterocycles. The molecule has 156 valence electrons. The van der Waals surface area contributed by atoms with Crippen LogP contribution in [0, 0.1) is 5.82 Å². The minimum absolute atomic E-state index is 0.0139. The first kappa shape index (κ1) is 20.6. The number of fused-ring (bicyclic) bond motifs is 1. The third-order valence-corrected chi connectivity index (χ3v) is 4.81. The van der Waals surface area contributed by atoms with E-state index >= 15 is 0 Å². The molecule has 0 aliphatic rings. The average molecular weight is 437 g/mol. The van der Waals surface area contributed by atoms with Gasteiger partial charge in [-0.25, -0.2) is 14.4 Å². The van der Waals surface area contributed by atoms with Crippen molar-refractivity contribution < 1.29 is 13.9 Å². The monoisotopic (exact) mass is 436 g/mol. The Kier molecular flexibility index (Phi) is 5.68. The minimum Gasteiger partial charge on any atom is -0.493 e. The number of hydrogen-bond acceptors (Lipinski definition) is 6. The van der Waals surface area contributed by atoms with Crippen LogP contribution in [0.1, 0.15) is 12.6 Å². The van der Waals surface area contributed by atoms with Gasteiger partial charge in [-0.3, -0.25) is 4.98 Å². The fourth-order valence-corrected chi connectivity index (χ4v) is 3.14. The van der Waals surface area contributed by atoms with Gasteiger partial charge in [0.25, 0.3) is 0 Å². The lowest BCUT2D eigenvalue weighted by Gasteiger charge is -2.14. The van der Waals surface area contributed by atoms with Gasteiger partial charge in [-0.15, -0.1) is 0 Å². The number of allylic oxidation sites excluding steroid dienone is 1. The third kappa shape index (κ3) is 4.27. The van der Waals surface area contributed by atoms with Crippen LogP contribution in [0.4, 0.5) is 15.9 Å². The average Bonchev–Trinajstić information content (AvgIpc) is 2.77. The second-order valence-corrected chi connectivity index (χ2v) is 7.14. The highest BCUT2D eigenvalue weighted by atomic mass is 35.5. The van der Waals surface area contributed by atoms with Gasteiger partial charge in [-0.2, -0.15) is 0 Å². The van der Waals surface area contributed by atoms with Crippen LogP contribution in [0.25, 0.3) is 16.5 Å². The summed E-state index contributed by atoms with van der Waals surface area (Å²) in [6, 6.07) is 11.7. The van der Waals surface area contributed by atoms with E-state index in [9.17, 15) is 4.39 Å². The Bertz CT molecular complexity index is 1300. The highest BCUT2D eigenvalue weighted by Crippen LogP contribution is 2.38. The molecule has 0 amide bonds. The molecular formula is C23H18ClFN4O2. The first-order valence-corrected chi connectivity index (χ1v) is 9.67. The van der Waals surface area contributed by atoms with E-state index in [1.54, 1.807) is 49.7 Å². The number of nitrogens with one attached hydrogen (secondary N) is 1. The van der Waals surface area contributed by atoms with Crippen LogP contribution in [-0.4, -0.2) is 22.1 Å². The van der Waals surface area contributed by atoms with E-state index in [2.05, 4.69) is 26.8 Å². The Labute approximate surface area is 183 Å².